The van der Waals surface area contributed by atoms with Crippen LogP contribution in [0.3, 0.4) is 0 Å². The maximum absolute atomic E-state index is 12.0. The lowest BCUT2D eigenvalue weighted by Crippen LogP contribution is -2.24. The second kappa shape index (κ2) is 6.65. The third kappa shape index (κ3) is 4.62. The summed E-state index contributed by atoms with van der Waals surface area (Å²) in [5.41, 5.74) is 9.87. The second-order valence-electron chi connectivity index (χ2n) is 6.64. The highest BCUT2D eigenvalue weighted by atomic mass is 16.1. The van der Waals surface area contributed by atoms with Crippen molar-refractivity contribution in [3.63, 3.8) is 0 Å². The van der Waals surface area contributed by atoms with Crippen molar-refractivity contribution in [1.82, 2.24) is 5.32 Å². The van der Waals surface area contributed by atoms with E-state index < -0.39 is 0 Å². The summed E-state index contributed by atoms with van der Waals surface area (Å²) in [6.07, 6.45) is 0.375. The van der Waals surface area contributed by atoms with Gasteiger partial charge in [-0.25, -0.2) is 0 Å². The van der Waals surface area contributed by atoms with Crippen molar-refractivity contribution in [2.75, 3.05) is 5.73 Å². The average Bonchev–Trinajstić information content (AvgIpc) is 2.47. The second-order valence-corrected chi connectivity index (χ2v) is 6.64. The van der Waals surface area contributed by atoms with Crippen LogP contribution in [0.1, 0.15) is 37.5 Å². The molecule has 0 unspecified atom stereocenters. The van der Waals surface area contributed by atoms with Gasteiger partial charge in [-0.3, -0.25) is 4.79 Å². The minimum atomic E-state index is 0.0182. The molecule has 0 aliphatic carbocycles. The quantitative estimate of drug-likeness (QED) is 0.849. The van der Waals surface area contributed by atoms with Crippen LogP contribution in [0.25, 0.3) is 0 Å². The van der Waals surface area contributed by atoms with Crippen molar-refractivity contribution in [2.24, 2.45) is 0 Å². The molecule has 0 spiro atoms. The first-order valence-corrected chi connectivity index (χ1v) is 7.55. The topological polar surface area (TPSA) is 55.1 Å². The molecule has 0 aromatic heterocycles. The molecule has 0 saturated heterocycles. The molecule has 0 saturated carbocycles. The number of rotatable bonds is 4. The monoisotopic (exact) mass is 296 g/mol. The highest BCUT2D eigenvalue weighted by Crippen LogP contribution is 2.22. The van der Waals surface area contributed by atoms with Crippen LogP contribution in [0, 0.1) is 0 Å². The maximum atomic E-state index is 12.0. The number of nitrogens with one attached hydrogen (secondary N) is 1. The first kappa shape index (κ1) is 16.1. The fourth-order valence-corrected chi connectivity index (χ4v) is 2.21. The molecule has 0 radical (unpaired) electrons. The Hall–Kier alpha value is -2.29. The number of benzene rings is 2. The third-order valence-corrected chi connectivity index (χ3v) is 3.65. The summed E-state index contributed by atoms with van der Waals surface area (Å²) >= 11 is 0. The molecule has 0 heterocycles. The molecule has 2 rings (SSSR count). The highest BCUT2D eigenvalue weighted by molar-refractivity contribution is 5.78. The number of anilines is 1. The summed E-state index contributed by atoms with van der Waals surface area (Å²) < 4.78 is 0. The minimum Gasteiger partial charge on any atom is -0.399 e. The van der Waals surface area contributed by atoms with Crippen molar-refractivity contribution in [3.8, 4) is 0 Å². The predicted octanol–water partition coefficient (Wildman–Crippen LogP) is 3.43. The molecular weight excluding hydrogens is 272 g/mol. The first-order chi connectivity index (χ1) is 10.3. The van der Waals surface area contributed by atoms with Gasteiger partial charge < -0.3 is 11.1 Å². The molecule has 2 aromatic rings. The lowest BCUT2D eigenvalue weighted by atomic mass is 9.87. The van der Waals surface area contributed by atoms with Crippen LogP contribution in [0.5, 0.6) is 0 Å². The molecule has 0 aliphatic heterocycles. The van der Waals surface area contributed by atoms with Gasteiger partial charge >= 0.3 is 0 Å². The van der Waals surface area contributed by atoms with Gasteiger partial charge in [-0.15, -0.1) is 0 Å². The average molecular weight is 296 g/mol. The highest BCUT2D eigenvalue weighted by Gasteiger charge is 2.12. The fourth-order valence-electron chi connectivity index (χ4n) is 2.21. The van der Waals surface area contributed by atoms with E-state index in [0.717, 1.165) is 11.1 Å². The number of amides is 1. The van der Waals surface area contributed by atoms with Crippen LogP contribution < -0.4 is 11.1 Å². The Kier molecular flexibility index (Phi) is 4.86. The van der Waals surface area contributed by atoms with Gasteiger partial charge in [-0.2, -0.15) is 0 Å². The van der Waals surface area contributed by atoms with E-state index in [1.165, 1.54) is 5.56 Å². The van der Waals surface area contributed by atoms with Crippen LogP contribution >= 0.6 is 0 Å². The predicted molar refractivity (Wildman–Crippen MR) is 91.5 cm³/mol. The van der Waals surface area contributed by atoms with Gasteiger partial charge in [0.15, 0.2) is 0 Å². The molecule has 3 heteroatoms. The summed E-state index contributed by atoms with van der Waals surface area (Å²) in [7, 11) is 0. The van der Waals surface area contributed by atoms with E-state index in [1.54, 1.807) is 0 Å². The minimum absolute atomic E-state index is 0.0182. The van der Waals surface area contributed by atoms with Gasteiger partial charge in [0, 0.05) is 12.2 Å². The van der Waals surface area contributed by atoms with E-state index in [9.17, 15) is 4.79 Å². The van der Waals surface area contributed by atoms with Crippen molar-refractivity contribution >= 4 is 11.6 Å². The Morgan fingerprint density at radius 3 is 2.05 bits per heavy atom. The number of carbonyl (C=O) groups excluding carboxylic acids is 1. The number of carbonyl (C=O) groups is 1. The third-order valence-electron chi connectivity index (χ3n) is 3.65. The SMILES string of the molecule is CC(C)(C)c1ccc(CNC(=O)Cc2ccc(N)cc2)cc1. The summed E-state index contributed by atoms with van der Waals surface area (Å²) in [5, 5.41) is 2.95. The lowest BCUT2D eigenvalue weighted by Gasteiger charge is -2.19. The molecule has 0 aliphatic rings. The van der Waals surface area contributed by atoms with Crippen molar-refractivity contribution in [1.29, 1.82) is 0 Å². The Balaban J connectivity index is 1.87. The Bertz CT molecular complexity index is 622. The Morgan fingerprint density at radius 2 is 1.50 bits per heavy atom. The summed E-state index contributed by atoms with van der Waals surface area (Å²) in [6, 6.07) is 15.8. The molecule has 0 atom stereocenters. The van der Waals surface area contributed by atoms with E-state index in [-0.39, 0.29) is 11.3 Å². The maximum Gasteiger partial charge on any atom is 0.224 e. The van der Waals surface area contributed by atoms with Crippen molar-refractivity contribution < 1.29 is 4.79 Å². The molecule has 22 heavy (non-hydrogen) atoms. The van der Waals surface area contributed by atoms with Crippen LogP contribution in [0.4, 0.5) is 5.69 Å². The molecule has 3 nitrogen and oxygen atoms in total. The summed E-state index contributed by atoms with van der Waals surface area (Å²) in [4.78, 5) is 12.0. The molecule has 0 fully saturated rings. The van der Waals surface area contributed by atoms with Gasteiger partial charge in [0.1, 0.15) is 0 Å². The summed E-state index contributed by atoms with van der Waals surface area (Å²) in [6.45, 7) is 7.13. The van der Waals surface area contributed by atoms with E-state index in [2.05, 4.69) is 50.4 Å². The molecule has 3 N–H and O–H groups in total. The summed E-state index contributed by atoms with van der Waals surface area (Å²) in [5.74, 6) is 0.0182. The van der Waals surface area contributed by atoms with E-state index in [0.29, 0.717) is 18.7 Å². The normalized spacial score (nSPS) is 11.2. The van der Waals surface area contributed by atoms with Crippen LogP contribution in [-0.2, 0) is 23.2 Å². The van der Waals surface area contributed by atoms with Gasteiger partial charge in [0.2, 0.25) is 5.91 Å². The Morgan fingerprint density at radius 1 is 0.955 bits per heavy atom. The zero-order valence-electron chi connectivity index (χ0n) is 13.5. The zero-order valence-corrected chi connectivity index (χ0v) is 13.5. The molecule has 116 valence electrons. The van der Waals surface area contributed by atoms with Gasteiger partial charge in [-0.05, 0) is 34.2 Å². The van der Waals surface area contributed by atoms with E-state index in [4.69, 9.17) is 5.73 Å². The lowest BCUT2D eigenvalue weighted by molar-refractivity contribution is -0.120. The van der Waals surface area contributed by atoms with E-state index in [1.807, 2.05) is 24.3 Å². The number of hydrogen-bond acceptors (Lipinski definition) is 2. The van der Waals surface area contributed by atoms with Gasteiger partial charge in [0.05, 0.1) is 6.42 Å². The largest absolute Gasteiger partial charge is 0.399 e. The van der Waals surface area contributed by atoms with Crippen LogP contribution in [-0.4, -0.2) is 5.91 Å². The molecular formula is C19H24N2O. The fraction of sp³-hybridized carbons (Fsp3) is 0.316. The first-order valence-electron chi connectivity index (χ1n) is 7.55. The standard InChI is InChI=1S/C19H24N2O/c1-19(2,3)16-8-4-15(5-9-16)13-21-18(22)12-14-6-10-17(20)11-7-14/h4-11H,12-13,20H2,1-3H3,(H,21,22). The smallest absolute Gasteiger partial charge is 0.224 e. The number of hydrogen-bond donors (Lipinski definition) is 2. The van der Waals surface area contributed by atoms with Gasteiger partial charge in [0.25, 0.3) is 0 Å². The number of nitrogen functional groups attached to an aromatic ring is 1. The van der Waals surface area contributed by atoms with Crippen LogP contribution in [0.2, 0.25) is 0 Å². The zero-order chi connectivity index (χ0) is 16.2. The number of nitrogens with two attached hydrogens (primary N) is 1. The van der Waals surface area contributed by atoms with E-state index >= 15 is 0 Å². The van der Waals surface area contributed by atoms with Crippen molar-refractivity contribution in [2.45, 2.75) is 39.2 Å². The van der Waals surface area contributed by atoms with Crippen molar-refractivity contribution in [3.05, 3.63) is 65.2 Å². The Labute approximate surface area is 132 Å². The molecule has 0 bridgehead atoms. The molecule has 1 amide bonds. The van der Waals surface area contributed by atoms with Crippen LogP contribution in [0.15, 0.2) is 48.5 Å². The molecule has 2 aromatic carbocycles. The van der Waals surface area contributed by atoms with Gasteiger partial charge in [-0.1, -0.05) is 57.2 Å².